The van der Waals surface area contributed by atoms with Gasteiger partial charge in [-0.1, -0.05) is 0 Å². The number of aliphatic hydroxyl groups is 1. The lowest BCUT2D eigenvalue weighted by Gasteiger charge is -2.31. The lowest BCUT2D eigenvalue weighted by atomic mass is 10.0. The lowest BCUT2D eigenvalue weighted by molar-refractivity contribution is 0.0567. The molecule has 1 saturated heterocycles. The van der Waals surface area contributed by atoms with Gasteiger partial charge in [-0.25, -0.2) is 0 Å². The molecule has 1 aliphatic rings. The summed E-state index contributed by atoms with van der Waals surface area (Å²) in [6.07, 6.45) is 4.10. The SMILES string of the molecule is CC(C)Oc1cncc(C(O)C2CN(C)CCCN2C)c1. The van der Waals surface area contributed by atoms with Crippen LogP contribution >= 0.6 is 0 Å². The van der Waals surface area contributed by atoms with E-state index in [1.807, 2.05) is 19.9 Å². The summed E-state index contributed by atoms with van der Waals surface area (Å²) in [5.74, 6) is 0.714. The Balaban J connectivity index is 2.15. The van der Waals surface area contributed by atoms with Gasteiger partial charge in [-0.15, -0.1) is 0 Å². The largest absolute Gasteiger partial charge is 0.489 e. The van der Waals surface area contributed by atoms with Crippen LogP contribution in [0.25, 0.3) is 0 Å². The van der Waals surface area contributed by atoms with Crippen molar-refractivity contribution in [3.63, 3.8) is 0 Å². The molecule has 0 saturated carbocycles. The second-order valence-electron chi connectivity index (χ2n) is 6.23. The summed E-state index contributed by atoms with van der Waals surface area (Å²) in [7, 11) is 4.18. The first kappa shape index (κ1) is 16.2. The standard InChI is InChI=1S/C16H27N3O2/c1-12(2)21-14-8-13(9-17-10-14)16(20)15-11-18(3)6-5-7-19(15)4/h8-10,12,15-16,20H,5-7,11H2,1-4H3. The van der Waals surface area contributed by atoms with Gasteiger partial charge in [0, 0.05) is 18.3 Å². The summed E-state index contributed by atoms with van der Waals surface area (Å²) in [5.41, 5.74) is 0.820. The molecular weight excluding hydrogens is 266 g/mol. The van der Waals surface area contributed by atoms with E-state index in [9.17, 15) is 5.11 Å². The van der Waals surface area contributed by atoms with Crippen LogP contribution in [0.15, 0.2) is 18.5 Å². The average Bonchev–Trinajstić information content (AvgIpc) is 2.59. The fourth-order valence-corrected chi connectivity index (χ4v) is 2.80. The smallest absolute Gasteiger partial charge is 0.138 e. The molecule has 2 rings (SSSR count). The van der Waals surface area contributed by atoms with Gasteiger partial charge in [0.05, 0.1) is 24.4 Å². The molecule has 5 heteroatoms. The number of hydrogen-bond acceptors (Lipinski definition) is 5. The second-order valence-corrected chi connectivity index (χ2v) is 6.23. The van der Waals surface area contributed by atoms with Gasteiger partial charge in [0.25, 0.3) is 0 Å². The number of rotatable bonds is 4. The molecule has 0 aromatic carbocycles. The summed E-state index contributed by atoms with van der Waals surface area (Å²) < 4.78 is 5.67. The van der Waals surface area contributed by atoms with Crippen LogP contribution in [0.4, 0.5) is 0 Å². The van der Waals surface area contributed by atoms with Crippen molar-refractivity contribution in [2.24, 2.45) is 0 Å². The van der Waals surface area contributed by atoms with E-state index in [0.717, 1.165) is 31.6 Å². The van der Waals surface area contributed by atoms with E-state index in [-0.39, 0.29) is 12.1 Å². The quantitative estimate of drug-likeness (QED) is 0.912. The van der Waals surface area contributed by atoms with E-state index in [4.69, 9.17) is 4.74 Å². The normalized spacial score (nSPS) is 23.0. The van der Waals surface area contributed by atoms with Gasteiger partial charge < -0.3 is 14.7 Å². The predicted octanol–water partition coefficient (Wildman–Crippen LogP) is 1.54. The van der Waals surface area contributed by atoms with E-state index in [1.54, 1.807) is 12.4 Å². The van der Waals surface area contributed by atoms with Crippen molar-refractivity contribution in [3.8, 4) is 5.75 Å². The maximum atomic E-state index is 10.8. The van der Waals surface area contributed by atoms with Crippen molar-refractivity contribution in [1.29, 1.82) is 0 Å². The molecule has 0 amide bonds. The minimum atomic E-state index is -0.557. The Hall–Kier alpha value is -1.17. The molecule has 0 aliphatic carbocycles. The summed E-state index contributed by atoms with van der Waals surface area (Å²) in [4.78, 5) is 8.72. The number of ether oxygens (including phenoxy) is 1. The van der Waals surface area contributed by atoms with Crippen LogP contribution < -0.4 is 4.74 Å². The average molecular weight is 293 g/mol. The third kappa shape index (κ3) is 4.40. The van der Waals surface area contributed by atoms with Gasteiger partial charge in [0.15, 0.2) is 0 Å². The van der Waals surface area contributed by atoms with Crippen LogP contribution in [-0.4, -0.2) is 65.8 Å². The Kier molecular flexibility index (Phi) is 5.56. The monoisotopic (exact) mass is 293 g/mol. The number of likely N-dealkylation sites (N-methyl/N-ethyl adjacent to an activating group) is 2. The highest BCUT2D eigenvalue weighted by Crippen LogP contribution is 2.25. The second kappa shape index (κ2) is 7.20. The zero-order chi connectivity index (χ0) is 15.4. The minimum absolute atomic E-state index is 0.0774. The highest BCUT2D eigenvalue weighted by Gasteiger charge is 2.28. The zero-order valence-electron chi connectivity index (χ0n) is 13.5. The number of nitrogens with zero attached hydrogens (tertiary/aromatic N) is 3. The van der Waals surface area contributed by atoms with Gasteiger partial charge in [-0.05, 0) is 53.5 Å². The number of pyridine rings is 1. The lowest BCUT2D eigenvalue weighted by Crippen LogP contribution is -2.42. The Morgan fingerprint density at radius 1 is 1.29 bits per heavy atom. The molecule has 2 atom stereocenters. The molecule has 1 fully saturated rings. The number of aliphatic hydroxyl groups excluding tert-OH is 1. The third-order valence-electron chi connectivity index (χ3n) is 3.93. The molecule has 0 bridgehead atoms. The predicted molar refractivity (Wildman–Crippen MR) is 83.5 cm³/mol. The van der Waals surface area contributed by atoms with E-state index >= 15 is 0 Å². The van der Waals surface area contributed by atoms with Crippen molar-refractivity contribution >= 4 is 0 Å². The molecule has 0 radical (unpaired) electrons. The van der Waals surface area contributed by atoms with Crippen LogP contribution in [0.3, 0.4) is 0 Å². The highest BCUT2D eigenvalue weighted by atomic mass is 16.5. The minimum Gasteiger partial charge on any atom is -0.489 e. The molecule has 118 valence electrons. The van der Waals surface area contributed by atoms with Gasteiger partial charge in [-0.3, -0.25) is 9.88 Å². The number of hydrogen-bond donors (Lipinski definition) is 1. The summed E-state index contributed by atoms with van der Waals surface area (Å²) in [5, 5.41) is 10.8. The van der Waals surface area contributed by atoms with Crippen molar-refractivity contribution in [3.05, 3.63) is 24.0 Å². The van der Waals surface area contributed by atoms with Gasteiger partial charge in [-0.2, -0.15) is 0 Å². The Labute approximate surface area is 127 Å². The molecule has 2 heterocycles. The van der Waals surface area contributed by atoms with Crippen molar-refractivity contribution in [1.82, 2.24) is 14.8 Å². The first-order valence-corrected chi connectivity index (χ1v) is 7.66. The molecule has 1 N–H and O–H groups in total. The summed E-state index contributed by atoms with van der Waals surface area (Å²) in [6.45, 7) is 6.89. The molecule has 2 unspecified atom stereocenters. The summed E-state index contributed by atoms with van der Waals surface area (Å²) in [6, 6.07) is 1.98. The van der Waals surface area contributed by atoms with Crippen molar-refractivity contribution in [2.75, 3.05) is 33.7 Å². The maximum Gasteiger partial charge on any atom is 0.138 e. The first-order valence-electron chi connectivity index (χ1n) is 7.66. The Morgan fingerprint density at radius 2 is 2.05 bits per heavy atom. The van der Waals surface area contributed by atoms with E-state index in [2.05, 4.69) is 28.9 Å². The fraction of sp³-hybridized carbons (Fsp3) is 0.688. The van der Waals surface area contributed by atoms with E-state index < -0.39 is 6.10 Å². The number of aromatic nitrogens is 1. The van der Waals surface area contributed by atoms with Crippen molar-refractivity contribution in [2.45, 2.75) is 38.5 Å². The van der Waals surface area contributed by atoms with Crippen LogP contribution in [0.5, 0.6) is 5.75 Å². The molecule has 1 aliphatic heterocycles. The van der Waals surface area contributed by atoms with Gasteiger partial charge in [0.2, 0.25) is 0 Å². The Bertz CT molecular complexity index is 453. The molecule has 1 aromatic heterocycles. The fourth-order valence-electron chi connectivity index (χ4n) is 2.80. The van der Waals surface area contributed by atoms with Gasteiger partial charge in [0.1, 0.15) is 5.75 Å². The van der Waals surface area contributed by atoms with Crippen LogP contribution in [0, 0.1) is 0 Å². The van der Waals surface area contributed by atoms with Crippen LogP contribution in [0.1, 0.15) is 31.9 Å². The van der Waals surface area contributed by atoms with Crippen LogP contribution in [0.2, 0.25) is 0 Å². The topological polar surface area (TPSA) is 48.8 Å². The molecule has 1 aromatic rings. The third-order valence-corrected chi connectivity index (χ3v) is 3.93. The van der Waals surface area contributed by atoms with Crippen molar-refractivity contribution < 1.29 is 9.84 Å². The summed E-state index contributed by atoms with van der Waals surface area (Å²) >= 11 is 0. The van der Waals surface area contributed by atoms with E-state index in [1.165, 1.54) is 0 Å². The molecule has 21 heavy (non-hydrogen) atoms. The maximum absolute atomic E-state index is 10.8. The van der Waals surface area contributed by atoms with Gasteiger partial charge >= 0.3 is 0 Å². The first-order chi connectivity index (χ1) is 9.97. The van der Waals surface area contributed by atoms with E-state index in [0.29, 0.717) is 5.75 Å². The molecular formula is C16H27N3O2. The molecule has 5 nitrogen and oxygen atoms in total. The molecule has 0 spiro atoms. The Morgan fingerprint density at radius 3 is 2.76 bits per heavy atom. The highest BCUT2D eigenvalue weighted by molar-refractivity contribution is 5.26. The van der Waals surface area contributed by atoms with Crippen LogP contribution in [-0.2, 0) is 0 Å². The zero-order valence-corrected chi connectivity index (χ0v) is 13.5.